The molecule has 0 spiro atoms. The third kappa shape index (κ3) is 3.86. The molecule has 1 atom stereocenters. The third-order valence-electron chi connectivity index (χ3n) is 3.31. The minimum atomic E-state index is 0.161. The standard InChI is InChI=1S/C15H22N2O/c16-17-14(15-11-4-5-12-18-15)10-6-9-13-7-2-1-3-8-13/h1-3,7-8,11,14,17H,4-6,9-10,12,16H2. The molecule has 0 amide bonds. The van der Waals surface area contributed by atoms with Crippen molar-refractivity contribution in [1.82, 2.24) is 5.43 Å². The summed E-state index contributed by atoms with van der Waals surface area (Å²) in [5.41, 5.74) is 4.25. The highest BCUT2D eigenvalue weighted by Gasteiger charge is 2.15. The van der Waals surface area contributed by atoms with Crippen molar-refractivity contribution in [3.05, 3.63) is 47.7 Å². The van der Waals surface area contributed by atoms with E-state index in [9.17, 15) is 0 Å². The molecular weight excluding hydrogens is 224 g/mol. The Labute approximate surface area is 109 Å². The fourth-order valence-corrected chi connectivity index (χ4v) is 2.28. The molecule has 0 aromatic heterocycles. The van der Waals surface area contributed by atoms with Crippen LogP contribution in [0.1, 0.15) is 31.2 Å². The molecule has 0 bridgehead atoms. The van der Waals surface area contributed by atoms with Crippen molar-refractivity contribution in [1.29, 1.82) is 0 Å². The molecule has 1 aliphatic rings. The van der Waals surface area contributed by atoms with Gasteiger partial charge in [0.05, 0.1) is 12.6 Å². The van der Waals surface area contributed by atoms with Gasteiger partial charge in [0.15, 0.2) is 0 Å². The average molecular weight is 246 g/mol. The number of hydrogen-bond acceptors (Lipinski definition) is 3. The maximum absolute atomic E-state index is 5.65. The summed E-state index contributed by atoms with van der Waals surface area (Å²) in [6.45, 7) is 0.822. The largest absolute Gasteiger partial charge is 0.497 e. The number of allylic oxidation sites excluding steroid dienone is 1. The monoisotopic (exact) mass is 246 g/mol. The number of ether oxygens (including phenoxy) is 1. The van der Waals surface area contributed by atoms with Crippen molar-refractivity contribution in [3.8, 4) is 0 Å². The van der Waals surface area contributed by atoms with Crippen molar-refractivity contribution < 1.29 is 4.74 Å². The van der Waals surface area contributed by atoms with Crippen molar-refractivity contribution in [2.24, 2.45) is 5.84 Å². The zero-order valence-electron chi connectivity index (χ0n) is 10.8. The highest BCUT2D eigenvalue weighted by Crippen LogP contribution is 2.17. The molecule has 3 nitrogen and oxygen atoms in total. The van der Waals surface area contributed by atoms with E-state index in [1.54, 1.807) is 0 Å². The second-order valence-electron chi connectivity index (χ2n) is 4.69. The van der Waals surface area contributed by atoms with E-state index < -0.39 is 0 Å². The summed E-state index contributed by atoms with van der Waals surface area (Å²) in [5, 5.41) is 0. The van der Waals surface area contributed by atoms with E-state index in [1.807, 2.05) is 0 Å². The van der Waals surface area contributed by atoms with Gasteiger partial charge in [0.25, 0.3) is 0 Å². The molecule has 1 aliphatic heterocycles. The first-order valence-electron chi connectivity index (χ1n) is 6.73. The molecule has 0 aliphatic carbocycles. The van der Waals surface area contributed by atoms with E-state index >= 15 is 0 Å². The summed E-state index contributed by atoms with van der Waals surface area (Å²) < 4.78 is 5.65. The van der Waals surface area contributed by atoms with Gasteiger partial charge in [-0.2, -0.15) is 0 Å². The molecular formula is C15H22N2O. The first kappa shape index (κ1) is 13.1. The lowest BCUT2D eigenvalue weighted by Gasteiger charge is -2.23. The van der Waals surface area contributed by atoms with E-state index in [1.165, 1.54) is 5.56 Å². The Morgan fingerprint density at radius 3 is 2.78 bits per heavy atom. The number of benzene rings is 1. The van der Waals surface area contributed by atoms with Crippen LogP contribution in [0.3, 0.4) is 0 Å². The molecule has 18 heavy (non-hydrogen) atoms. The van der Waals surface area contributed by atoms with E-state index in [-0.39, 0.29) is 6.04 Å². The van der Waals surface area contributed by atoms with Gasteiger partial charge in [-0.05, 0) is 43.7 Å². The van der Waals surface area contributed by atoms with Crippen LogP contribution in [-0.4, -0.2) is 12.6 Å². The van der Waals surface area contributed by atoms with Crippen LogP contribution in [-0.2, 0) is 11.2 Å². The van der Waals surface area contributed by atoms with Crippen molar-refractivity contribution in [3.63, 3.8) is 0 Å². The van der Waals surface area contributed by atoms with Crippen LogP contribution in [0, 0.1) is 0 Å². The van der Waals surface area contributed by atoms with Crippen LogP contribution >= 0.6 is 0 Å². The maximum Gasteiger partial charge on any atom is 0.110 e. The van der Waals surface area contributed by atoms with Gasteiger partial charge in [-0.15, -0.1) is 0 Å². The van der Waals surface area contributed by atoms with Crippen LogP contribution < -0.4 is 11.3 Å². The first-order chi connectivity index (χ1) is 8.90. The Morgan fingerprint density at radius 1 is 1.28 bits per heavy atom. The number of aryl methyl sites for hydroxylation is 1. The second kappa shape index (κ2) is 7.19. The van der Waals surface area contributed by atoms with E-state index in [0.29, 0.717) is 0 Å². The Morgan fingerprint density at radius 2 is 2.11 bits per heavy atom. The highest BCUT2D eigenvalue weighted by atomic mass is 16.5. The van der Waals surface area contributed by atoms with Gasteiger partial charge >= 0.3 is 0 Å². The quantitative estimate of drug-likeness (QED) is 0.599. The molecule has 98 valence electrons. The van der Waals surface area contributed by atoms with Crippen LogP contribution in [0.2, 0.25) is 0 Å². The minimum Gasteiger partial charge on any atom is -0.497 e. The number of hydrogen-bond donors (Lipinski definition) is 2. The van der Waals surface area contributed by atoms with Crippen LogP contribution in [0.4, 0.5) is 0 Å². The fourth-order valence-electron chi connectivity index (χ4n) is 2.28. The Balaban J connectivity index is 1.79. The lowest BCUT2D eigenvalue weighted by atomic mass is 10.0. The predicted molar refractivity (Wildman–Crippen MR) is 73.8 cm³/mol. The van der Waals surface area contributed by atoms with Crippen molar-refractivity contribution >= 4 is 0 Å². The van der Waals surface area contributed by atoms with Gasteiger partial charge in [0, 0.05) is 0 Å². The summed E-state index contributed by atoms with van der Waals surface area (Å²) in [6, 6.07) is 10.7. The van der Waals surface area contributed by atoms with Crippen LogP contribution in [0.25, 0.3) is 0 Å². The molecule has 1 aromatic rings. The Hall–Kier alpha value is -1.32. The predicted octanol–water partition coefficient (Wildman–Crippen LogP) is 2.54. The van der Waals surface area contributed by atoms with Crippen molar-refractivity contribution in [2.75, 3.05) is 6.61 Å². The average Bonchev–Trinajstić information content (AvgIpc) is 2.46. The Bertz CT molecular complexity index is 375. The molecule has 1 heterocycles. The third-order valence-corrected chi connectivity index (χ3v) is 3.31. The molecule has 3 N–H and O–H groups in total. The molecule has 1 aromatic carbocycles. The smallest absolute Gasteiger partial charge is 0.110 e. The van der Waals surface area contributed by atoms with E-state index in [0.717, 1.165) is 44.5 Å². The molecule has 1 unspecified atom stereocenters. The molecule has 0 saturated heterocycles. The normalized spacial score (nSPS) is 16.8. The van der Waals surface area contributed by atoms with E-state index in [2.05, 4.69) is 41.8 Å². The summed E-state index contributed by atoms with van der Waals surface area (Å²) in [4.78, 5) is 0. The van der Waals surface area contributed by atoms with Crippen LogP contribution in [0.15, 0.2) is 42.2 Å². The fraction of sp³-hybridized carbons (Fsp3) is 0.467. The van der Waals surface area contributed by atoms with Gasteiger partial charge in [0.2, 0.25) is 0 Å². The van der Waals surface area contributed by atoms with Gasteiger partial charge in [-0.25, -0.2) is 5.43 Å². The summed E-state index contributed by atoms with van der Waals surface area (Å²) in [5.74, 6) is 6.64. The van der Waals surface area contributed by atoms with E-state index in [4.69, 9.17) is 10.6 Å². The lowest BCUT2D eigenvalue weighted by molar-refractivity contribution is 0.164. The maximum atomic E-state index is 5.65. The number of hydrazine groups is 1. The van der Waals surface area contributed by atoms with Gasteiger partial charge < -0.3 is 4.74 Å². The molecule has 0 saturated carbocycles. The summed E-state index contributed by atoms with van der Waals surface area (Å²) in [7, 11) is 0. The highest BCUT2D eigenvalue weighted by molar-refractivity contribution is 5.14. The summed E-state index contributed by atoms with van der Waals surface area (Å²) in [6.07, 6.45) is 7.59. The number of nitrogens with one attached hydrogen (secondary N) is 1. The molecule has 3 heteroatoms. The zero-order valence-corrected chi connectivity index (χ0v) is 10.8. The molecule has 0 radical (unpaired) electrons. The van der Waals surface area contributed by atoms with Crippen molar-refractivity contribution in [2.45, 2.75) is 38.1 Å². The number of nitrogens with two attached hydrogens (primary N) is 1. The first-order valence-corrected chi connectivity index (χ1v) is 6.73. The molecule has 0 fully saturated rings. The zero-order chi connectivity index (χ0) is 12.6. The summed E-state index contributed by atoms with van der Waals surface area (Å²) >= 11 is 0. The second-order valence-corrected chi connectivity index (χ2v) is 4.69. The Kier molecular flexibility index (Phi) is 5.24. The lowest BCUT2D eigenvalue weighted by Crippen LogP contribution is -2.38. The topological polar surface area (TPSA) is 47.3 Å². The van der Waals surface area contributed by atoms with Crippen LogP contribution in [0.5, 0.6) is 0 Å². The van der Waals surface area contributed by atoms with Gasteiger partial charge in [-0.3, -0.25) is 5.84 Å². The minimum absolute atomic E-state index is 0.161. The van der Waals surface area contributed by atoms with Gasteiger partial charge in [-0.1, -0.05) is 30.3 Å². The SMILES string of the molecule is NNC(CCCc1ccccc1)C1=CCCCO1. The van der Waals surface area contributed by atoms with Gasteiger partial charge in [0.1, 0.15) is 5.76 Å². The molecule has 2 rings (SSSR count). The number of rotatable bonds is 6.